The van der Waals surface area contributed by atoms with E-state index in [1.54, 1.807) is 11.8 Å². The minimum Gasteiger partial charge on any atom is -0.480 e. The fraction of sp³-hybridized carbons (Fsp3) is 0.692. The zero-order chi connectivity index (χ0) is 14.5. The van der Waals surface area contributed by atoms with Crippen molar-refractivity contribution in [3.8, 4) is 0 Å². The number of hydrogen-bond acceptors (Lipinski definition) is 3. The maximum atomic E-state index is 12.0. The Kier molecular flexibility index (Phi) is 5.35. The Morgan fingerprint density at radius 1 is 1.47 bits per heavy atom. The van der Waals surface area contributed by atoms with Gasteiger partial charge in [-0.25, -0.2) is 9.59 Å². The lowest BCUT2D eigenvalue weighted by Gasteiger charge is -2.24. The van der Waals surface area contributed by atoms with Gasteiger partial charge in [0.05, 0.1) is 5.60 Å². The average molecular weight is 270 g/mol. The second-order valence-electron chi connectivity index (χ2n) is 5.20. The summed E-state index contributed by atoms with van der Waals surface area (Å²) in [5.74, 6) is -1.07. The molecule has 2 amide bonds. The number of nitrogens with zero attached hydrogens (tertiary/aromatic N) is 1. The van der Waals surface area contributed by atoms with Gasteiger partial charge in [0.2, 0.25) is 0 Å². The van der Waals surface area contributed by atoms with Gasteiger partial charge in [0.15, 0.2) is 0 Å². The Labute approximate surface area is 113 Å². The number of amides is 2. The van der Waals surface area contributed by atoms with Crippen LogP contribution >= 0.6 is 0 Å². The molecule has 0 aromatic carbocycles. The van der Waals surface area contributed by atoms with Crippen LogP contribution in [0.25, 0.3) is 0 Å². The van der Waals surface area contributed by atoms with E-state index in [0.29, 0.717) is 32.4 Å². The molecule has 1 saturated heterocycles. The SMILES string of the molecule is C=CCC(NC(=O)N1CCCC(C)(O)CC1)C(=O)O. The molecule has 0 radical (unpaired) electrons. The molecule has 0 spiro atoms. The summed E-state index contributed by atoms with van der Waals surface area (Å²) in [5, 5.41) is 21.4. The summed E-state index contributed by atoms with van der Waals surface area (Å²) in [6.07, 6.45) is 3.50. The van der Waals surface area contributed by atoms with Crippen molar-refractivity contribution in [2.45, 2.75) is 44.2 Å². The summed E-state index contributed by atoms with van der Waals surface area (Å²) in [6, 6.07) is -1.35. The first-order valence-corrected chi connectivity index (χ1v) is 6.47. The van der Waals surface area contributed by atoms with Crippen molar-refractivity contribution in [2.24, 2.45) is 0 Å². The summed E-state index contributed by atoms with van der Waals surface area (Å²) in [5.41, 5.74) is -0.748. The maximum Gasteiger partial charge on any atom is 0.326 e. The molecule has 0 bridgehead atoms. The molecule has 1 heterocycles. The normalized spacial score (nSPS) is 25.3. The number of aliphatic carboxylic acids is 1. The second-order valence-corrected chi connectivity index (χ2v) is 5.20. The summed E-state index contributed by atoms with van der Waals surface area (Å²) in [6.45, 7) is 6.19. The first-order valence-electron chi connectivity index (χ1n) is 6.47. The van der Waals surface area contributed by atoms with Gasteiger partial charge in [-0.3, -0.25) is 0 Å². The van der Waals surface area contributed by atoms with Gasteiger partial charge in [0, 0.05) is 13.1 Å². The second kappa shape index (κ2) is 6.56. The number of likely N-dealkylation sites (tertiary alicyclic amines) is 1. The first-order chi connectivity index (χ1) is 8.85. The molecule has 0 saturated carbocycles. The molecule has 1 rings (SSSR count). The fourth-order valence-electron chi connectivity index (χ4n) is 2.09. The van der Waals surface area contributed by atoms with Crippen molar-refractivity contribution >= 4 is 12.0 Å². The summed E-state index contributed by atoms with van der Waals surface area (Å²) < 4.78 is 0. The van der Waals surface area contributed by atoms with E-state index >= 15 is 0 Å². The molecule has 3 N–H and O–H groups in total. The van der Waals surface area contributed by atoms with E-state index in [9.17, 15) is 14.7 Å². The van der Waals surface area contributed by atoms with Crippen LogP contribution in [-0.4, -0.2) is 51.8 Å². The number of hydrogen-bond donors (Lipinski definition) is 3. The third-order valence-electron chi connectivity index (χ3n) is 3.35. The number of urea groups is 1. The zero-order valence-electron chi connectivity index (χ0n) is 11.3. The smallest absolute Gasteiger partial charge is 0.326 e. The van der Waals surface area contributed by atoms with E-state index in [-0.39, 0.29) is 6.42 Å². The highest BCUT2D eigenvalue weighted by Crippen LogP contribution is 2.21. The Bertz CT molecular complexity index is 355. The van der Waals surface area contributed by atoms with Gasteiger partial charge in [0.25, 0.3) is 0 Å². The number of carboxylic acids is 1. The van der Waals surface area contributed by atoms with Gasteiger partial charge in [-0.15, -0.1) is 6.58 Å². The predicted octanol–water partition coefficient (Wildman–Crippen LogP) is 0.962. The lowest BCUT2D eigenvalue weighted by Crippen LogP contribution is -2.48. The fourth-order valence-corrected chi connectivity index (χ4v) is 2.09. The lowest BCUT2D eigenvalue weighted by atomic mass is 9.98. The van der Waals surface area contributed by atoms with Crippen LogP contribution in [-0.2, 0) is 4.79 Å². The average Bonchev–Trinajstić information content (AvgIpc) is 2.49. The van der Waals surface area contributed by atoms with Crippen LogP contribution in [0, 0.1) is 0 Å². The summed E-state index contributed by atoms with van der Waals surface area (Å²) in [4.78, 5) is 24.5. The molecule has 108 valence electrons. The highest BCUT2D eigenvalue weighted by molar-refractivity contribution is 5.82. The molecule has 0 aromatic heterocycles. The van der Waals surface area contributed by atoms with Crippen LogP contribution in [0.5, 0.6) is 0 Å². The molecule has 19 heavy (non-hydrogen) atoms. The standard InChI is InChI=1S/C13H22N2O4/c1-3-5-10(11(16)17)14-12(18)15-8-4-6-13(2,19)7-9-15/h3,10,19H,1,4-9H2,2H3,(H,14,18)(H,16,17). The number of carbonyl (C=O) groups is 2. The summed E-state index contributed by atoms with van der Waals surface area (Å²) in [7, 11) is 0. The summed E-state index contributed by atoms with van der Waals surface area (Å²) >= 11 is 0. The molecule has 1 fully saturated rings. The van der Waals surface area contributed by atoms with E-state index in [1.165, 1.54) is 6.08 Å². The van der Waals surface area contributed by atoms with E-state index in [1.807, 2.05) is 0 Å². The minimum absolute atomic E-state index is 0.187. The molecule has 0 aromatic rings. The van der Waals surface area contributed by atoms with Crippen molar-refractivity contribution in [2.75, 3.05) is 13.1 Å². The quantitative estimate of drug-likeness (QED) is 0.664. The molecule has 2 unspecified atom stereocenters. The number of carbonyl (C=O) groups excluding carboxylic acids is 1. The van der Waals surface area contributed by atoms with Crippen molar-refractivity contribution in [1.29, 1.82) is 0 Å². The molecule has 1 aliphatic rings. The third kappa shape index (κ3) is 4.90. The molecular formula is C13H22N2O4. The first kappa shape index (κ1) is 15.5. The third-order valence-corrected chi connectivity index (χ3v) is 3.35. The predicted molar refractivity (Wildman–Crippen MR) is 70.8 cm³/mol. The van der Waals surface area contributed by atoms with Gasteiger partial charge < -0.3 is 20.4 Å². The van der Waals surface area contributed by atoms with Crippen molar-refractivity contribution in [3.63, 3.8) is 0 Å². The number of aliphatic hydroxyl groups is 1. The highest BCUT2D eigenvalue weighted by atomic mass is 16.4. The van der Waals surface area contributed by atoms with Crippen LogP contribution in [0.4, 0.5) is 4.79 Å². The van der Waals surface area contributed by atoms with Crippen molar-refractivity contribution in [1.82, 2.24) is 10.2 Å². The Hall–Kier alpha value is -1.56. The van der Waals surface area contributed by atoms with E-state index in [0.717, 1.165) is 0 Å². The van der Waals surface area contributed by atoms with Crippen LogP contribution in [0.3, 0.4) is 0 Å². The van der Waals surface area contributed by atoms with Crippen LogP contribution in [0.2, 0.25) is 0 Å². The minimum atomic E-state index is -1.07. The van der Waals surface area contributed by atoms with Gasteiger partial charge in [-0.05, 0) is 32.6 Å². The van der Waals surface area contributed by atoms with Crippen molar-refractivity contribution in [3.05, 3.63) is 12.7 Å². The maximum absolute atomic E-state index is 12.0. The Morgan fingerprint density at radius 3 is 2.74 bits per heavy atom. The van der Waals surface area contributed by atoms with Gasteiger partial charge >= 0.3 is 12.0 Å². The zero-order valence-corrected chi connectivity index (χ0v) is 11.3. The van der Waals surface area contributed by atoms with Crippen LogP contribution in [0.1, 0.15) is 32.6 Å². The Balaban J connectivity index is 2.57. The number of rotatable bonds is 4. The van der Waals surface area contributed by atoms with E-state index in [4.69, 9.17) is 5.11 Å². The van der Waals surface area contributed by atoms with Gasteiger partial charge in [-0.2, -0.15) is 0 Å². The lowest BCUT2D eigenvalue weighted by molar-refractivity contribution is -0.139. The molecule has 6 nitrogen and oxygen atoms in total. The Morgan fingerprint density at radius 2 is 2.16 bits per heavy atom. The molecule has 6 heteroatoms. The van der Waals surface area contributed by atoms with Gasteiger partial charge in [-0.1, -0.05) is 6.08 Å². The molecular weight excluding hydrogens is 248 g/mol. The largest absolute Gasteiger partial charge is 0.480 e. The van der Waals surface area contributed by atoms with Crippen LogP contribution < -0.4 is 5.32 Å². The van der Waals surface area contributed by atoms with Crippen molar-refractivity contribution < 1.29 is 19.8 Å². The van der Waals surface area contributed by atoms with E-state index in [2.05, 4.69) is 11.9 Å². The number of nitrogens with one attached hydrogen (secondary N) is 1. The molecule has 2 atom stereocenters. The molecule has 0 aliphatic carbocycles. The number of carboxylic acid groups (broad SMARTS) is 1. The van der Waals surface area contributed by atoms with E-state index < -0.39 is 23.6 Å². The van der Waals surface area contributed by atoms with Crippen LogP contribution in [0.15, 0.2) is 12.7 Å². The van der Waals surface area contributed by atoms with Gasteiger partial charge in [0.1, 0.15) is 6.04 Å². The molecule has 1 aliphatic heterocycles. The highest BCUT2D eigenvalue weighted by Gasteiger charge is 2.28. The monoisotopic (exact) mass is 270 g/mol. The topological polar surface area (TPSA) is 89.9 Å².